The largest absolute Gasteiger partial charge is 0.484 e. The topological polar surface area (TPSA) is 77.3 Å². The Morgan fingerprint density at radius 1 is 1.33 bits per heavy atom. The average Bonchev–Trinajstić information content (AvgIpc) is 3.07. The Bertz CT molecular complexity index is 926. The van der Waals surface area contributed by atoms with E-state index in [9.17, 15) is 22.4 Å². The molecule has 1 saturated carbocycles. The van der Waals surface area contributed by atoms with Crippen molar-refractivity contribution < 1.29 is 31.5 Å². The summed E-state index contributed by atoms with van der Waals surface area (Å²) in [5.74, 6) is -2.25. The number of nitrogens with one attached hydrogen (secondary N) is 1. The maximum atomic E-state index is 13.3. The molecular weight excluding hydrogens is 430 g/mol. The highest BCUT2D eigenvalue weighted by molar-refractivity contribution is 6.30. The molecule has 3 rings (SSSR count). The zero-order valence-corrected chi connectivity index (χ0v) is 16.4. The van der Waals surface area contributed by atoms with Gasteiger partial charge in [-0.25, -0.2) is 4.39 Å². The SMILES string of the molecule is C=C(CCc1nnc(C2CC(C(F)(F)F)C2)o1)NC(=O)COc1ccc(Cl)c(F)c1. The van der Waals surface area contributed by atoms with Gasteiger partial charge in [-0.1, -0.05) is 18.2 Å². The molecule has 1 amide bonds. The van der Waals surface area contributed by atoms with Crippen molar-refractivity contribution in [3.63, 3.8) is 0 Å². The number of amides is 1. The van der Waals surface area contributed by atoms with Crippen LogP contribution in [0.5, 0.6) is 5.75 Å². The second-order valence-electron chi connectivity index (χ2n) is 6.96. The molecule has 1 aromatic heterocycles. The first-order valence-electron chi connectivity index (χ1n) is 9.06. The number of allylic oxidation sites excluding steroid dienone is 1. The van der Waals surface area contributed by atoms with Crippen molar-refractivity contribution in [3.8, 4) is 5.75 Å². The van der Waals surface area contributed by atoms with Gasteiger partial charge in [0.25, 0.3) is 5.91 Å². The number of halogens is 5. The van der Waals surface area contributed by atoms with Gasteiger partial charge in [-0.3, -0.25) is 4.79 Å². The van der Waals surface area contributed by atoms with E-state index in [1.54, 1.807) is 0 Å². The van der Waals surface area contributed by atoms with Crippen LogP contribution in [0.4, 0.5) is 17.6 Å². The van der Waals surface area contributed by atoms with Gasteiger partial charge in [-0.2, -0.15) is 13.2 Å². The van der Waals surface area contributed by atoms with Crippen LogP contribution in [0, 0.1) is 11.7 Å². The molecule has 0 radical (unpaired) electrons. The molecule has 0 bridgehead atoms. The van der Waals surface area contributed by atoms with E-state index >= 15 is 0 Å². The molecule has 0 unspecified atom stereocenters. The number of benzene rings is 1. The summed E-state index contributed by atoms with van der Waals surface area (Å²) >= 11 is 5.57. The van der Waals surface area contributed by atoms with Crippen molar-refractivity contribution in [2.24, 2.45) is 5.92 Å². The summed E-state index contributed by atoms with van der Waals surface area (Å²) in [5, 5.41) is 10.1. The first kappa shape index (κ1) is 22.1. The molecule has 1 N–H and O–H groups in total. The van der Waals surface area contributed by atoms with E-state index in [2.05, 4.69) is 22.1 Å². The van der Waals surface area contributed by atoms with Gasteiger partial charge in [0.1, 0.15) is 11.6 Å². The Labute approximate surface area is 174 Å². The lowest BCUT2D eigenvalue weighted by molar-refractivity contribution is -0.198. The van der Waals surface area contributed by atoms with Gasteiger partial charge in [-0.15, -0.1) is 10.2 Å². The zero-order valence-electron chi connectivity index (χ0n) is 15.6. The van der Waals surface area contributed by atoms with Crippen molar-refractivity contribution in [1.29, 1.82) is 0 Å². The summed E-state index contributed by atoms with van der Waals surface area (Å²) in [6.07, 6.45) is -3.73. The molecule has 0 spiro atoms. The number of aryl methyl sites for hydroxylation is 1. The minimum Gasteiger partial charge on any atom is -0.484 e. The van der Waals surface area contributed by atoms with Crippen LogP contribution in [0.2, 0.25) is 5.02 Å². The van der Waals surface area contributed by atoms with Crippen LogP contribution in [0.15, 0.2) is 34.9 Å². The highest BCUT2D eigenvalue weighted by Gasteiger charge is 2.49. The maximum Gasteiger partial charge on any atom is 0.391 e. The third-order valence-electron chi connectivity index (χ3n) is 4.65. The van der Waals surface area contributed by atoms with Gasteiger partial charge in [-0.05, 0) is 31.4 Å². The van der Waals surface area contributed by atoms with E-state index < -0.39 is 23.8 Å². The molecule has 2 aromatic rings. The third-order valence-corrected chi connectivity index (χ3v) is 4.96. The second-order valence-corrected chi connectivity index (χ2v) is 7.36. The molecule has 0 aliphatic heterocycles. The predicted molar refractivity (Wildman–Crippen MR) is 98.3 cm³/mol. The van der Waals surface area contributed by atoms with E-state index in [-0.39, 0.29) is 54.3 Å². The van der Waals surface area contributed by atoms with Crippen molar-refractivity contribution in [1.82, 2.24) is 15.5 Å². The molecule has 1 aliphatic rings. The lowest BCUT2D eigenvalue weighted by Gasteiger charge is -2.34. The normalized spacial score (nSPS) is 18.6. The van der Waals surface area contributed by atoms with Crippen LogP contribution < -0.4 is 10.1 Å². The highest BCUT2D eigenvalue weighted by Crippen LogP contribution is 2.49. The molecule has 1 fully saturated rings. The molecule has 0 atom stereocenters. The van der Waals surface area contributed by atoms with Crippen molar-refractivity contribution in [3.05, 3.63) is 53.1 Å². The number of hydrogen-bond donors (Lipinski definition) is 1. The number of rotatable bonds is 8. The first-order chi connectivity index (χ1) is 14.1. The van der Waals surface area contributed by atoms with Gasteiger partial charge in [0, 0.05) is 24.1 Å². The minimum atomic E-state index is -4.19. The fraction of sp³-hybridized carbons (Fsp3) is 0.421. The van der Waals surface area contributed by atoms with Crippen LogP contribution in [0.1, 0.15) is 37.0 Å². The number of aromatic nitrogens is 2. The molecule has 1 heterocycles. The molecule has 6 nitrogen and oxygen atoms in total. The van der Waals surface area contributed by atoms with E-state index in [0.717, 1.165) is 6.07 Å². The molecule has 1 aromatic carbocycles. The molecule has 11 heteroatoms. The van der Waals surface area contributed by atoms with Crippen LogP contribution >= 0.6 is 11.6 Å². The zero-order chi connectivity index (χ0) is 21.9. The standard InChI is InChI=1S/C19H18ClF4N3O3/c1-10(25-16(28)9-29-13-3-4-14(20)15(21)8-13)2-5-17-26-27-18(30-17)11-6-12(7-11)19(22,23)24/h3-4,8,11-12H,1-2,5-7,9H2,(H,25,28). The summed E-state index contributed by atoms with van der Waals surface area (Å²) in [4.78, 5) is 11.9. The Hall–Kier alpha value is -2.62. The second kappa shape index (κ2) is 9.03. The summed E-state index contributed by atoms with van der Waals surface area (Å²) in [6.45, 7) is 3.36. The van der Waals surface area contributed by atoms with Crippen LogP contribution in [0.3, 0.4) is 0 Å². The van der Waals surface area contributed by atoms with Crippen molar-refractivity contribution in [2.45, 2.75) is 37.8 Å². The molecule has 162 valence electrons. The lowest BCUT2D eigenvalue weighted by Crippen LogP contribution is -2.34. The number of nitrogens with zero attached hydrogens (tertiary/aromatic N) is 2. The Balaban J connectivity index is 1.38. The average molecular weight is 448 g/mol. The Kier molecular flexibility index (Phi) is 6.64. The summed E-state index contributed by atoms with van der Waals surface area (Å²) in [7, 11) is 0. The Morgan fingerprint density at radius 3 is 2.73 bits per heavy atom. The third kappa shape index (κ3) is 5.71. The van der Waals surface area contributed by atoms with E-state index in [4.69, 9.17) is 20.8 Å². The monoisotopic (exact) mass is 447 g/mol. The highest BCUT2D eigenvalue weighted by atomic mass is 35.5. The van der Waals surface area contributed by atoms with Gasteiger partial charge in [0.15, 0.2) is 6.61 Å². The minimum absolute atomic E-state index is 0.0502. The van der Waals surface area contributed by atoms with E-state index in [1.807, 2.05) is 0 Å². The van der Waals surface area contributed by atoms with E-state index in [0.29, 0.717) is 12.1 Å². The maximum absolute atomic E-state index is 13.3. The number of alkyl halides is 3. The van der Waals surface area contributed by atoms with Gasteiger partial charge >= 0.3 is 6.18 Å². The summed E-state index contributed by atoms with van der Waals surface area (Å²) in [6, 6.07) is 3.81. The molecule has 0 saturated heterocycles. The fourth-order valence-corrected chi connectivity index (χ4v) is 3.01. The number of carbonyl (C=O) groups is 1. The number of carbonyl (C=O) groups excluding carboxylic acids is 1. The number of ether oxygens (including phenoxy) is 1. The predicted octanol–water partition coefficient (Wildman–Crippen LogP) is 4.56. The van der Waals surface area contributed by atoms with Crippen LogP contribution in [0.25, 0.3) is 0 Å². The van der Waals surface area contributed by atoms with E-state index in [1.165, 1.54) is 12.1 Å². The smallest absolute Gasteiger partial charge is 0.391 e. The number of hydrogen-bond acceptors (Lipinski definition) is 5. The van der Waals surface area contributed by atoms with Gasteiger partial charge in [0.05, 0.1) is 10.9 Å². The lowest BCUT2D eigenvalue weighted by atomic mass is 9.74. The molecule has 1 aliphatic carbocycles. The summed E-state index contributed by atoms with van der Waals surface area (Å²) in [5.41, 5.74) is 0.367. The first-order valence-corrected chi connectivity index (χ1v) is 9.44. The summed E-state index contributed by atoms with van der Waals surface area (Å²) < 4.78 is 61.6. The van der Waals surface area contributed by atoms with Gasteiger partial charge < -0.3 is 14.5 Å². The quantitative estimate of drug-likeness (QED) is 0.600. The molecule has 30 heavy (non-hydrogen) atoms. The molecular formula is C19H18ClF4N3O3. The van der Waals surface area contributed by atoms with Gasteiger partial charge in [0.2, 0.25) is 11.8 Å². The Morgan fingerprint density at radius 2 is 2.07 bits per heavy atom. The van der Waals surface area contributed by atoms with Crippen LogP contribution in [-0.4, -0.2) is 28.9 Å². The van der Waals surface area contributed by atoms with Crippen molar-refractivity contribution >= 4 is 17.5 Å². The van der Waals surface area contributed by atoms with Crippen LogP contribution in [-0.2, 0) is 11.2 Å². The van der Waals surface area contributed by atoms with Crippen molar-refractivity contribution in [2.75, 3.05) is 6.61 Å². The fourth-order valence-electron chi connectivity index (χ4n) is 2.89.